The second kappa shape index (κ2) is 7.28. The molecular weight excluding hydrogens is 316 g/mol. The quantitative estimate of drug-likeness (QED) is 0.807. The molecule has 0 spiro atoms. The third kappa shape index (κ3) is 4.56. The Hall–Kier alpha value is -2.35. The SMILES string of the molecule is CCC(C)Nc1ccc(NS(=O)(=O)c2ccc(OC)cc2)nn1. The molecule has 0 aliphatic rings. The number of benzene rings is 1. The number of nitrogens with zero attached hydrogens (tertiary/aromatic N) is 2. The minimum absolute atomic E-state index is 0.127. The molecule has 0 radical (unpaired) electrons. The zero-order valence-electron chi connectivity index (χ0n) is 13.3. The van der Waals surface area contributed by atoms with E-state index in [0.29, 0.717) is 11.6 Å². The van der Waals surface area contributed by atoms with Crippen LogP contribution in [0.25, 0.3) is 0 Å². The molecule has 8 heteroatoms. The van der Waals surface area contributed by atoms with Crippen molar-refractivity contribution in [1.29, 1.82) is 0 Å². The van der Waals surface area contributed by atoms with Crippen molar-refractivity contribution < 1.29 is 13.2 Å². The van der Waals surface area contributed by atoms with Crippen molar-refractivity contribution >= 4 is 21.7 Å². The van der Waals surface area contributed by atoms with Gasteiger partial charge in [0.05, 0.1) is 12.0 Å². The maximum atomic E-state index is 12.3. The van der Waals surface area contributed by atoms with Crippen LogP contribution < -0.4 is 14.8 Å². The number of sulfonamides is 1. The highest BCUT2D eigenvalue weighted by molar-refractivity contribution is 7.92. The van der Waals surface area contributed by atoms with Crippen LogP contribution in [0.3, 0.4) is 0 Å². The Bertz CT molecular complexity index is 730. The van der Waals surface area contributed by atoms with Crippen LogP contribution >= 0.6 is 0 Å². The lowest BCUT2D eigenvalue weighted by Gasteiger charge is -2.12. The molecule has 124 valence electrons. The first kappa shape index (κ1) is 17.0. The fraction of sp³-hybridized carbons (Fsp3) is 0.333. The van der Waals surface area contributed by atoms with Crippen LogP contribution in [0.5, 0.6) is 5.75 Å². The first-order valence-electron chi connectivity index (χ1n) is 7.21. The summed E-state index contributed by atoms with van der Waals surface area (Å²) in [5.74, 6) is 1.35. The van der Waals surface area contributed by atoms with E-state index in [1.165, 1.54) is 19.2 Å². The van der Waals surface area contributed by atoms with Crippen LogP contribution in [0.15, 0.2) is 41.3 Å². The molecule has 7 nitrogen and oxygen atoms in total. The number of aromatic nitrogens is 2. The number of hydrogen-bond acceptors (Lipinski definition) is 6. The molecular formula is C15H20N4O3S. The van der Waals surface area contributed by atoms with Crippen LogP contribution in [0.2, 0.25) is 0 Å². The van der Waals surface area contributed by atoms with Gasteiger partial charge in [-0.15, -0.1) is 10.2 Å². The maximum Gasteiger partial charge on any atom is 0.263 e. The summed E-state index contributed by atoms with van der Waals surface area (Å²) in [4.78, 5) is 0.127. The Labute approximate surface area is 136 Å². The zero-order chi connectivity index (χ0) is 16.9. The lowest BCUT2D eigenvalue weighted by molar-refractivity contribution is 0.414. The molecule has 1 aromatic carbocycles. The van der Waals surface area contributed by atoms with Gasteiger partial charge in [0.15, 0.2) is 5.82 Å². The second-order valence-corrected chi connectivity index (χ2v) is 6.72. The molecule has 0 saturated carbocycles. The van der Waals surface area contributed by atoms with Crippen molar-refractivity contribution in [3.8, 4) is 5.75 Å². The fourth-order valence-corrected chi connectivity index (χ4v) is 2.77. The van der Waals surface area contributed by atoms with Crippen molar-refractivity contribution in [1.82, 2.24) is 10.2 Å². The molecule has 1 aromatic heterocycles. The summed E-state index contributed by atoms with van der Waals surface area (Å²) in [6, 6.07) is 9.62. The van der Waals surface area contributed by atoms with Crippen molar-refractivity contribution in [2.24, 2.45) is 0 Å². The van der Waals surface area contributed by atoms with E-state index < -0.39 is 10.0 Å². The summed E-state index contributed by atoms with van der Waals surface area (Å²) in [6.45, 7) is 4.09. The Morgan fingerprint density at radius 2 is 1.70 bits per heavy atom. The summed E-state index contributed by atoms with van der Waals surface area (Å²) >= 11 is 0. The van der Waals surface area contributed by atoms with Crippen LogP contribution in [0.4, 0.5) is 11.6 Å². The summed E-state index contributed by atoms with van der Waals surface area (Å²) < 4.78 is 32.0. The first-order valence-corrected chi connectivity index (χ1v) is 8.70. The Morgan fingerprint density at radius 3 is 2.22 bits per heavy atom. The molecule has 1 heterocycles. The Morgan fingerprint density at radius 1 is 1.09 bits per heavy atom. The number of rotatable bonds is 7. The van der Waals surface area contributed by atoms with Gasteiger partial charge in [-0.1, -0.05) is 6.92 Å². The molecule has 0 aliphatic carbocycles. The Balaban J connectivity index is 2.10. The molecule has 23 heavy (non-hydrogen) atoms. The molecule has 0 saturated heterocycles. The zero-order valence-corrected chi connectivity index (χ0v) is 14.1. The van der Waals surface area contributed by atoms with E-state index in [1.54, 1.807) is 24.3 Å². The van der Waals surface area contributed by atoms with Gasteiger partial charge in [0, 0.05) is 6.04 Å². The van der Waals surface area contributed by atoms with Crippen LogP contribution in [0, 0.1) is 0 Å². The normalized spacial score (nSPS) is 12.5. The summed E-state index contributed by atoms with van der Waals surface area (Å²) in [7, 11) is -2.19. The van der Waals surface area contributed by atoms with E-state index in [0.717, 1.165) is 6.42 Å². The molecule has 0 amide bonds. The van der Waals surface area contributed by atoms with E-state index in [4.69, 9.17) is 4.74 Å². The van der Waals surface area contributed by atoms with Gasteiger partial charge in [-0.3, -0.25) is 4.72 Å². The third-order valence-corrected chi connectivity index (χ3v) is 4.65. The van der Waals surface area contributed by atoms with Gasteiger partial charge in [0.2, 0.25) is 0 Å². The highest BCUT2D eigenvalue weighted by Gasteiger charge is 2.15. The standard InChI is InChI=1S/C15H20N4O3S/c1-4-11(2)16-14-9-10-15(18-17-14)19-23(20,21)13-7-5-12(22-3)6-8-13/h5-11H,4H2,1-3H3,(H,16,17)(H,18,19). The van der Waals surface area contributed by atoms with Gasteiger partial charge in [-0.05, 0) is 49.7 Å². The molecule has 2 N–H and O–H groups in total. The Kier molecular flexibility index (Phi) is 5.38. The number of nitrogens with one attached hydrogen (secondary N) is 2. The number of methoxy groups -OCH3 is 1. The highest BCUT2D eigenvalue weighted by Crippen LogP contribution is 2.18. The molecule has 1 unspecified atom stereocenters. The topological polar surface area (TPSA) is 93.2 Å². The van der Waals surface area contributed by atoms with Gasteiger partial charge < -0.3 is 10.1 Å². The van der Waals surface area contributed by atoms with Crippen molar-refractivity contribution in [2.45, 2.75) is 31.2 Å². The molecule has 0 bridgehead atoms. The lowest BCUT2D eigenvalue weighted by Crippen LogP contribution is -2.16. The summed E-state index contributed by atoms with van der Waals surface area (Å²) in [5.41, 5.74) is 0. The minimum Gasteiger partial charge on any atom is -0.497 e. The van der Waals surface area contributed by atoms with Crippen molar-refractivity contribution in [3.63, 3.8) is 0 Å². The average Bonchev–Trinajstić information content (AvgIpc) is 2.56. The van der Waals surface area contributed by atoms with E-state index >= 15 is 0 Å². The van der Waals surface area contributed by atoms with Crippen molar-refractivity contribution in [2.75, 3.05) is 17.1 Å². The number of ether oxygens (including phenoxy) is 1. The van der Waals surface area contributed by atoms with Crippen molar-refractivity contribution in [3.05, 3.63) is 36.4 Å². The van der Waals surface area contributed by atoms with Crippen LogP contribution in [-0.2, 0) is 10.0 Å². The summed E-state index contributed by atoms with van der Waals surface area (Å²) in [6.07, 6.45) is 0.952. The van der Waals surface area contributed by atoms with Gasteiger partial charge in [0.1, 0.15) is 11.6 Å². The lowest BCUT2D eigenvalue weighted by atomic mass is 10.2. The van der Waals surface area contributed by atoms with Crippen LogP contribution in [0.1, 0.15) is 20.3 Å². The minimum atomic E-state index is -3.71. The predicted molar refractivity (Wildman–Crippen MR) is 89.2 cm³/mol. The van der Waals surface area contributed by atoms with Crippen LogP contribution in [-0.4, -0.2) is 31.8 Å². The van der Waals surface area contributed by atoms with E-state index in [1.807, 2.05) is 6.92 Å². The average molecular weight is 336 g/mol. The summed E-state index contributed by atoms with van der Waals surface area (Å²) in [5, 5.41) is 11.0. The highest BCUT2D eigenvalue weighted by atomic mass is 32.2. The molecule has 2 rings (SSSR count). The number of hydrogen-bond donors (Lipinski definition) is 2. The van der Waals surface area contributed by atoms with Gasteiger partial charge in [0.25, 0.3) is 10.0 Å². The van der Waals surface area contributed by atoms with Gasteiger partial charge in [-0.25, -0.2) is 8.42 Å². The van der Waals surface area contributed by atoms with E-state index in [9.17, 15) is 8.42 Å². The molecule has 2 aromatic rings. The van der Waals surface area contributed by atoms with Gasteiger partial charge >= 0.3 is 0 Å². The first-order chi connectivity index (χ1) is 10.9. The predicted octanol–water partition coefficient (Wildman–Crippen LogP) is 2.50. The third-order valence-electron chi connectivity index (χ3n) is 3.28. The largest absolute Gasteiger partial charge is 0.497 e. The second-order valence-electron chi connectivity index (χ2n) is 5.04. The maximum absolute atomic E-state index is 12.3. The van der Waals surface area contributed by atoms with E-state index in [-0.39, 0.29) is 16.8 Å². The van der Waals surface area contributed by atoms with Gasteiger partial charge in [-0.2, -0.15) is 0 Å². The molecule has 0 aliphatic heterocycles. The fourth-order valence-electron chi connectivity index (χ4n) is 1.77. The monoisotopic (exact) mass is 336 g/mol. The molecule has 0 fully saturated rings. The van der Waals surface area contributed by atoms with E-state index in [2.05, 4.69) is 27.2 Å². The number of anilines is 2. The smallest absolute Gasteiger partial charge is 0.263 e. The molecule has 1 atom stereocenters.